The number of phenols is 1. The Balaban J connectivity index is 1.25. The molecule has 2 aromatic heterocycles. The van der Waals surface area contributed by atoms with Gasteiger partial charge in [-0.1, -0.05) is 12.5 Å². The van der Waals surface area contributed by atoms with E-state index in [1.165, 1.54) is 11.3 Å². The number of hydrogen-bond acceptors (Lipinski definition) is 9. The summed E-state index contributed by atoms with van der Waals surface area (Å²) >= 11 is 1.26. The maximum absolute atomic E-state index is 15.4. The number of aromatic nitrogens is 4. The highest BCUT2D eigenvalue weighted by molar-refractivity contribution is 7.10. The lowest BCUT2D eigenvalue weighted by Gasteiger charge is -2.46. The first-order valence-corrected chi connectivity index (χ1v) is 12.6. The van der Waals surface area contributed by atoms with Crippen molar-refractivity contribution in [1.82, 2.24) is 25.5 Å². The predicted molar refractivity (Wildman–Crippen MR) is 126 cm³/mol. The van der Waals surface area contributed by atoms with Crippen LogP contribution in [0.2, 0.25) is 0 Å². The molecule has 1 aromatic carbocycles. The Kier molecular flexibility index (Phi) is 5.38. The first-order valence-electron chi connectivity index (χ1n) is 11.7. The fourth-order valence-corrected chi connectivity index (χ4v) is 5.87. The average molecular weight is 478 g/mol. The molecule has 3 aliphatic rings. The van der Waals surface area contributed by atoms with Crippen LogP contribution in [0.5, 0.6) is 5.75 Å². The Morgan fingerprint density at radius 2 is 2.06 bits per heavy atom. The highest BCUT2D eigenvalue weighted by atomic mass is 32.1. The molecule has 1 aliphatic carbocycles. The third-order valence-corrected chi connectivity index (χ3v) is 7.79. The molecule has 3 aromatic rings. The fraction of sp³-hybridized carbons (Fsp3) is 0.458. The van der Waals surface area contributed by atoms with Gasteiger partial charge in [-0.25, -0.2) is 14.4 Å². The third kappa shape index (κ3) is 3.89. The molecule has 0 radical (unpaired) electrons. The van der Waals surface area contributed by atoms with Crippen molar-refractivity contribution in [2.24, 2.45) is 0 Å². The number of halogens is 1. The molecule has 1 saturated carbocycles. The van der Waals surface area contributed by atoms with Crippen LogP contribution in [0, 0.1) is 11.3 Å². The molecule has 0 spiro atoms. The SMILES string of the molecule is N#Cc1nc(-c2ccc(-c3cnc(N(C4CC4)[C@@H]4C[C@@H]5CCC[C@H](N5)[C@@H]4F)nn3)c(O)c2)cs1. The molecule has 4 atom stereocenters. The standard InChI is InChI=1S/C24H24FN7OS/c25-23-17-3-1-2-14(28-17)9-20(23)32(15-5-6-15)24-27-11-18(30-31-24)16-7-4-13(8-21(16)33)19-12-34-22(10-26)29-19/h4,7-8,11-12,14-15,17,20,23,28,33H,1-3,5-6,9H2/t14-,17-,20+,23-/m0/s1. The number of fused-ring (bicyclic) bond motifs is 2. The Bertz CT molecular complexity index is 1240. The second kappa shape index (κ2) is 8.56. The molecule has 2 saturated heterocycles. The average Bonchev–Trinajstić information content (AvgIpc) is 3.57. The van der Waals surface area contributed by atoms with Crippen molar-refractivity contribution in [3.8, 4) is 34.3 Å². The minimum Gasteiger partial charge on any atom is -0.507 e. The summed E-state index contributed by atoms with van der Waals surface area (Å²) in [7, 11) is 0. The van der Waals surface area contributed by atoms with E-state index in [4.69, 9.17) is 5.26 Å². The first-order chi connectivity index (χ1) is 16.6. The van der Waals surface area contributed by atoms with Crippen molar-refractivity contribution in [3.05, 3.63) is 34.8 Å². The van der Waals surface area contributed by atoms with Crippen LogP contribution in [0.3, 0.4) is 0 Å². The summed E-state index contributed by atoms with van der Waals surface area (Å²) in [6.07, 6.45) is 6.47. The zero-order chi connectivity index (χ0) is 23.2. The lowest BCUT2D eigenvalue weighted by atomic mass is 9.82. The summed E-state index contributed by atoms with van der Waals surface area (Å²) in [4.78, 5) is 10.9. The van der Waals surface area contributed by atoms with Gasteiger partial charge in [0.2, 0.25) is 5.95 Å². The van der Waals surface area contributed by atoms with Crippen LogP contribution in [0.1, 0.15) is 43.5 Å². The van der Waals surface area contributed by atoms with Crippen molar-refractivity contribution >= 4 is 17.3 Å². The highest BCUT2D eigenvalue weighted by Crippen LogP contribution is 2.39. The van der Waals surface area contributed by atoms with Crippen LogP contribution in [-0.2, 0) is 0 Å². The highest BCUT2D eigenvalue weighted by Gasteiger charge is 2.47. The number of hydrogen-bond donors (Lipinski definition) is 2. The molecule has 6 rings (SSSR count). The second-order valence-electron chi connectivity index (χ2n) is 9.31. The van der Waals surface area contributed by atoms with Crippen LogP contribution < -0.4 is 10.2 Å². The Hall–Kier alpha value is -3.16. The number of alkyl halides is 1. The summed E-state index contributed by atoms with van der Waals surface area (Å²) in [5, 5.41) is 33.9. The number of benzene rings is 1. The second-order valence-corrected chi connectivity index (χ2v) is 10.2. The molecule has 0 unspecified atom stereocenters. The van der Waals surface area contributed by atoms with Gasteiger partial charge in [-0.2, -0.15) is 5.26 Å². The van der Waals surface area contributed by atoms with E-state index in [-0.39, 0.29) is 23.9 Å². The van der Waals surface area contributed by atoms with Gasteiger partial charge in [0.05, 0.1) is 17.9 Å². The number of phenolic OH excluding ortho intramolecular Hbond substituents is 1. The molecule has 2 N–H and O–H groups in total. The maximum Gasteiger partial charge on any atom is 0.245 e. The zero-order valence-corrected chi connectivity index (χ0v) is 19.2. The number of piperidine rings is 2. The molecule has 34 heavy (non-hydrogen) atoms. The predicted octanol–water partition coefficient (Wildman–Crippen LogP) is 3.83. The maximum atomic E-state index is 15.4. The minimum absolute atomic E-state index is 0.0295. The Morgan fingerprint density at radius 3 is 2.76 bits per heavy atom. The van der Waals surface area contributed by atoms with Gasteiger partial charge in [-0.05, 0) is 44.2 Å². The van der Waals surface area contributed by atoms with Gasteiger partial charge in [0, 0.05) is 34.6 Å². The lowest BCUT2D eigenvalue weighted by Crippen LogP contribution is -2.62. The molecule has 8 nitrogen and oxygen atoms in total. The monoisotopic (exact) mass is 477 g/mol. The van der Waals surface area contributed by atoms with Crippen molar-refractivity contribution in [2.45, 2.75) is 68.9 Å². The van der Waals surface area contributed by atoms with E-state index in [2.05, 4.69) is 30.4 Å². The van der Waals surface area contributed by atoms with Crippen LogP contribution >= 0.6 is 11.3 Å². The van der Waals surface area contributed by atoms with Crippen LogP contribution in [0.4, 0.5) is 10.3 Å². The summed E-state index contributed by atoms with van der Waals surface area (Å²) in [6, 6.07) is 7.46. The van der Waals surface area contributed by atoms with E-state index in [1.807, 2.05) is 12.1 Å². The van der Waals surface area contributed by atoms with Crippen molar-refractivity contribution < 1.29 is 9.50 Å². The lowest BCUT2D eigenvalue weighted by molar-refractivity contribution is 0.103. The number of thiazole rings is 1. The van der Waals surface area contributed by atoms with Crippen molar-refractivity contribution in [2.75, 3.05) is 4.90 Å². The number of aromatic hydroxyl groups is 1. The molecule has 2 aliphatic heterocycles. The number of nitrogens with zero attached hydrogens (tertiary/aromatic N) is 6. The van der Waals surface area contributed by atoms with Gasteiger partial charge in [0.15, 0.2) is 5.01 Å². The summed E-state index contributed by atoms with van der Waals surface area (Å²) in [5.41, 5.74) is 2.29. The zero-order valence-electron chi connectivity index (χ0n) is 18.4. The third-order valence-electron chi connectivity index (χ3n) is 7.04. The first kappa shape index (κ1) is 21.4. The molecule has 3 fully saturated rings. The van der Waals surface area contributed by atoms with Crippen molar-refractivity contribution in [3.63, 3.8) is 0 Å². The number of nitrogens with one attached hydrogen (secondary N) is 1. The van der Waals surface area contributed by atoms with E-state index in [9.17, 15) is 5.11 Å². The van der Waals surface area contributed by atoms with Gasteiger partial charge in [-0.3, -0.25) is 0 Å². The van der Waals surface area contributed by atoms with Crippen LogP contribution in [0.15, 0.2) is 29.8 Å². The largest absolute Gasteiger partial charge is 0.507 e. The molecular weight excluding hydrogens is 453 g/mol. The van der Waals surface area contributed by atoms with E-state index in [0.29, 0.717) is 39.5 Å². The minimum atomic E-state index is -0.954. The summed E-state index contributed by atoms with van der Waals surface area (Å²) in [6.45, 7) is 0. The summed E-state index contributed by atoms with van der Waals surface area (Å²) < 4.78 is 15.4. The summed E-state index contributed by atoms with van der Waals surface area (Å²) in [5.74, 6) is 0.489. The molecule has 2 bridgehead atoms. The fourth-order valence-electron chi connectivity index (χ4n) is 5.26. The van der Waals surface area contributed by atoms with Gasteiger partial charge in [0.25, 0.3) is 0 Å². The van der Waals surface area contributed by atoms with E-state index < -0.39 is 6.17 Å². The van der Waals surface area contributed by atoms with Gasteiger partial charge < -0.3 is 15.3 Å². The molecule has 174 valence electrons. The van der Waals surface area contributed by atoms with E-state index in [1.54, 1.807) is 23.7 Å². The van der Waals surface area contributed by atoms with E-state index >= 15 is 4.39 Å². The molecule has 10 heteroatoms. The smallest absolute Gasteiger partial charge is 0.245 e. The van der Waals surface area contributed by atoms with E-state index in [0.717, 1.165) is 38.5 Å². The Morgan fingerprint density at radius 1 is 1.18 bits per heavy atom. The number of nitriles is 1. The topological polar surface area (TPSA) is 111 Å². The molecular formula is C24H24FN7OS. The van der Waals surface area contributed by atoms with Crippen LogP contribution in [-0.4, -0.2) is 55.6 Å². The Labute approximate surface area is 200 Å². The molecule has 0 amide bonds. The van der Waals surface area contributed by atoms with Crippen molar-refractivity contribution in [1.29, 1.82) is 5.26 Å². The molecule has 4 heterocycles. The van der Waals surface area contributed by atoms with Crippen LogP contribution in [0.25, 0.3) is 22.5 Å². The van der Waals surface area contributed by atoms with Gasteiger partial charge in [0.1, 0.15) is 23.7 Å². The van der Waals surface area contributed by atoms with Gasteiger partial charge >= 0.3 is 0 Å². The quantitative estimate of drug-likeness (QED) is 0.570. The number of rotatable bonds is 5. The number of anilines is 1. The normalized spacial score (nSPS) is 26.1. The van der Waals surface area contributed by atoms with Gasteiger partial charge in [-0.15, -0.1) is 21.5 Å².